The van der Waals surface area contributed by atoms with Gasteiger partial charge in [-0.05, 0) is 19.1 Å². The van der Waals surface area contributed by atoms with Crippen LogP contribution in [-0.2, 0) is 0 Å². The first kappa shape index (κ1) is 13.6. The predicted octanol–water partition coefficient (Wildman–Crippen LogP) is 2.84. The number of fused-ring (bicyclic) bond motifs is 1. The fraction of sp³-hybridized carbons (Fsp3) is 0.200. The van der Waals surface area contributed by atoms with Gasteiger partial charge in [0.15, 0.2) is 5.78 Å². The standard InChI is InChI=1S/C15H12N2O3S/c1-3-11(18)12-8(2)21-15(16-12)17-13(19)9-6-4-5-7-10(9)14(17)20/h4-7H,3H2,1-2H3. The lowest BCUT2D eigenvalue weighted by atomic mass is 10.1. The molecule has 0 spiro atoms. The molecule has 2 aromatic rings. The molecule has 0 radical (unpaired) electrons. The van der Waals surface area contributed by atoms with Crippen LogP contribution in [0.2, 0.25) is 0 Å². The number of nitrogens with zero attached hydrogens (tertiary/aromatic N) is 2. The number of hydrogen-bond donors (Lipinski definition) is 0. The third-order valence-electron chi connectivity index (χ3n) is 3.36. The van der Waals surface area contributed by atoms with Crippen LogP contribution in [0.1, 0.15) is 49.4 Å². The number of carbonyl (C=O) groups is 3. The molecule has 1 aromatic heterocycles. The minimum Gasteiger partial charge on any atom is -0.292 e. The summed E-state index contributed by atoms with van der Waals surface area (Å²) in [7, 11) is 0. The van der Waals surface area contributed by atoms with E-state index in [4.69, 9.17) is 0 Å². The second-order valence-electron chi connectivity index (χ2n) is 4.67. The van der Waals surface area contributed by atoms with Gasteiger partial charge in [-0.2, -0.15) is 0 Å². The molecular formula is C15H12N2O3S. The van der Waals surface area contributed by atoms with Crippen LogP contribution < -0.4 is 4.90 Å². The molecule has 106 valence electrons. The van der Waals surface area contributed by atoms with Crippen LogP contribution >= 0.6 is 11.3 Å². The summed E-state index contributed by atoms with van der Waals surface area (Å²) in [5.74, 6) is -0.869. The summed E-state index contributed by atoms with van der Waals surface area (Å²) in [6.07, 6.45) is 0.339. The lowest BCUT2D eigenvalue weighted by molar-refractivity contribution is 0.0922. The Labute approximate surface area is 125 Å². The first-order valence-electron chi connectivity index (χ1n) is 6.53. The van der Waals surface area contributed by atoms with E-state index in [0.29, 0.717) is 28.1 Å². The molecule has 0 unspecified atom stereocenters. The van der Waals surface area contributed by atoms with E-state index >= 15 is 0 Å². The van der Waals surface area contributed by atoms with Crippen molar-refractivity contribution in [1.82, 2.24) is 4.98 Å². The zero-order chi connectivity index (χ0) is 15.1. The van der Waals surface area contributed by atoms with Crippen LogP contribution in [0.3, 0.4) is 0 Å². The minimum absolute atomic E-state index is 0.0911. The van der Waals surface area contributed by atoms with Gasteiger partial charge in [0, 0.05) is 11.3 Å². The summed E-state index contributed by atoms with van der Waals surface area (Å²) in [5, 5.41) is 0.260. The van der Waals surface area contributed by atoms with Gasteiger partial charge in [-0.1, -0.05) is 19.1 Å². The molecule has 0 saturated carbocycles. The minimum atomic E-state index is -0.389. The van der Waals surface area contributed by atoms with Gasteiger partial charge >= 0.3 is 0 Å². The highest BCUT2D eigenvalue weighted by Crippen LogP contribution is 2.33. The fourth-order valence-corrected chi connectivity index (χ4v) is 3.19. The van der Waals surface area contributed by atoms with Crippen molar-refractivity contribution in [2.75, 3.05) is 4.90 Å². The molecule has 1 aromatic carbocycles. The van der Waals surface area contributed by atoms with E-state index in [2.05, 4.69) is 4.98 Å². The Morgan fingerprint density at radius 2 is 1.76 bits per heavy atom. The number of ketones is 1. The van der Waals surface area contributed by atoms with E-state index in [9.17, 15) is 14.4 Å². The van der Waals surface area contributed by atoms with Gasteiger partial charge in [0.1, 0.15) is 5.69 Å². The zero-order valence-corrected chi connectivity index (χ0v) is 12.4. The molecule has 0 bridgehead atoms. The molecule has 0 fully saturated rings. The Morgan fingerprint density at radius 3 is 2.29 bits per heavy atom. The van der Waals surface area contributed by atoms with E-state index in [1.54, 1.807) is 38.1 Å². The zero-order valence-electron chi connectivity index (χ0n) is 11.5. The number of amides is 2. The molecule has 0 saturated heterocycles. The number of aryl methyl sites for hydroxylation is 1. The van der Waals surface area contributed by atoms with Gasteiger partial charge in [0.25, 0.3) is 11.8 Å². The van der Waals surface area contributed by atoms with Crippen LogP contribution in [0.25, 0.3) is 0 Å². The molecule has 2 amide bonds. The number of benzene rings is 1. The van der Waals surface area contributed by atoms with Crippen LogP contribution in [0.4, 0.5) is 5.13 Å². The van der Waals surface area contributed by atoms with E-state index < -0.39 is 0 Å². The van der Waals surface area contributed by atoms with Crippen LogP contribution in [0.15, 0.2) is 24.3 Å². The number of thiazole rings is 1. The number of imide groups is 1. The Balaban J connectivity index is 2.06. The predicted molar refractivity (Wildman–Crippen MR) is 79.1 cm³/mol. The number of anilines is 1. The Hall–Kier alpha value is -2.34. The Kier molecular flexibility index (Phi) is 3.17. The van der Waals surface area contributed by atoms with Crippen molar-refractivity contribution < 1.29 is 14.4 Å². The largest absolute Gasteiger partial charge is 0.292 e. The first-order valence-corrected chi connectivity index (χ1v) is 7.34. The summed E-state index contributed by atoms with van der Waals surface area (Å²) in [6.45, 7) is 3.52. The number of hydrogen-bond acceptors (Lipinski definition) is 5. The number of carbonyl (C=O) groups excluding carboxylic acids is 3. The van der Waals surface area contributed by atoms with Crippen molar-refractivity contribution >= 4 is 34.1 Å². The summed E-state index contributed by atoms with van der Waals surface area (Å²) in [6, 6.07) is 6.67. The van der Waals surface area contributed by atoms with Gasteiger partial charge < -0.3 is 0 Å². The molecule has 0 atom stereocenters. The molecule has 21 heavy (non-hydrogen) atoms. The normalized spacial score (nSPS) is 13.7. The highest BCUT2D eigenvalue weighted by atomic mass is 32.1. The average Bonchev–Trinajstić information content (AvgIpc) is 2.98. The number of aromatic nitrogens is 1. The van der Waals surface area contributed by atoms with Gasteiger partial charge in [-0.15, -0.1) is 11.3 Å². The van der Waals surface area contributed by atoms with Crippen molar-refractivity contribution in [2.45, 2.75) is 20.3 Å². The second kappa shape index (κ2) is 4.89. The topological polar surface area (TPSA) is 67.3 Å². The monoisotopic (exact) mass is 300 g/mol. The number of rotatable bonds is 3. The lowest BCUT2D eigenvalue weighted by Crippen LogP contribution is -2.29. The summed E-state index contributed by atoms with van der Waals surface area (Å²) < 4.78 is 0. The summed E-state index contributed by atoms with van der Waals surface area (Å²) in [5.41, 5.74) is 1.09. The SMILES string of the molecule is CCC(=O)c1nc(N2C(=O)c3ccccc3C2=O)sc1C. The highest BCUT2D eigenvalue weighted by Gasteiger charge is 2.38. The molecule has 0 aliphatic carbocycles. The van der Waals surface area contributed by atoms with E-state index in [1.165, 1.54) is 11.3 Å². The third kappa shape index (κ3) is 1.99. The first-order chi connectivity index (χ1) is 10.0. The van der Waals surface area contributed by atoms with E-state index in [1.807, 2.05) is 0 Å². The van der Waals surface area contributed by atoms with Crippen molar-refractivity contribution in [2.24, 2.45) is 0 Å². The quantitative estimate of drug-likeness (QED) is 0.645. The third-order valence-corrected chi connectivity index (χ3v) is 4.31. The van der Waals surface area contributed by atoms with Gasteiger partial charge in [-0.25, -0.2) is 9.88 Å². The Bertz CT molecular complexity index is 744. The van der Waals surface area contributed by atoms with Crippen molar-refractivity contribution in [3.8, 4) is 0 Å². The molecule has 0 N–H and O–H groups in total. The van der Waals surface area contributed by atoms with Crippen LogP contribution in [0, 0.1) is 6.92 Å². The van der Waals surface area contributed by atoms with Crippen molar-refractivity contribution in [3.05, 3.63) is 46.0 Å². The molecule has 6 heteroatoms. The fourth-order valence-electron chi connectivity index (χ4n) is 2.27. The van der Waals surface area contributed by atoms with Crippen molar-refractivity contribution in [3.63, 3.8) is 0 Å². The van der Waals surface area contributed by atoms with E-state index in [-0.39, 0.29) is 22.7 Å². The highest BCUT2D eigenvalue weighted by molar-refractivity contribution is 7.16. The number of Topliss-reactive ketones (excluding diaryl/α,β-unsaturated/α-hetero) is 1. The smallest absolute Gasteiger partial charge is 0.268 e. The van der Waals surface area contributed by atoms with Gasteiger partial charge in [0.2, 0.25) is 5.13 Å². The van der Waals surface area contributed by atoms with E-state index in [0.717, 1.165) is 4.90 Å². The van der Waals surface area contributed by atoms with Crippen molar-refractivity contribution in [1.29, 1.82) is 0 Å². The van der Waals surface area contributed by atoms with Crippen LogP contribution in [0.5, 0.6) is 0 Å². The summed E-state index contributed by atoms with van der Waals surface area (Å²) >= 11 is 1.19. The maximum Gasteiger partial charge on any atom is 0.268 e. The molecular weight excluding hydrogens is 288 g/mol. The maximum absolute atomic E-state index is 12.4. The molecule has 3 rings (SSSR count). The summed E-state index contributed by atoms with van der Waals surface area (Å²) in [4.78, 5) is 42.5. The van der Waals surface area contributed by atoms with Gasteiger partial charge in [0.05, 0.1) is 11.1 Å². The molecule has 1 aliphatic rings. The molecule has 5 nitrogen and oxygen atoms in total. The molecule has 2 heterocycles. The second-order valence-corrected chi connectivity index (χ2v) is 5.85. The lowest BCUT2D eigenvalue weighted by Gasteiger charge is -2.08. The molecule has 1 aliphatic heterocycles. The Morgan fingerprint density at radius 1 is 1.19 bits per heavy atom. The van der Waals surface area contributed by atoms with Gasteiger partial charge in [-0.3, -0.25) is 14.4 Å². The average molecular weight is 300 g/mol. The van der Waals surface area contributed by atoms with Crippen LogP contribution in [-0.4, -0.2) is 22.6 Å². The maximum atomic E-state index is 12.4.